The number of nitrogens with zero attached hydrogens (tertiary/aromatic N) is 1. The molecule has 3 aromatic rings. The molecule has 0 unspecified atom stereocenters. The highest BCUT2D eigenvalue weighted by Gasteiger charge is 2.01. The summed E-state index contributed by atoms with van der Waals surface area (Å²) in [5.74, 6) is 0. The number of nitrogens with one attached hydrogen (secondary N) is 1. The first kappa shape index (κ1) is 8.24. The minimum absolute atomic E-state index is 1.12. The average Bonchev–Trinajstić information content (AvgIpc) is 2.74. The summed E-state index contributed by atoms with van der Waals surface area (Å²) in [5.41, 5.74) is 3.40. The lowest BCUT2D eigenvalue weighted by Crippen LogP contribution is -1.77. The summed E-state index contributed by atoms with van der Waals surface area (Å²) < 4.78 is 0. The average molecular weight is 194 g/mol. The molecular weight excluding hydrogens is 184 g/mol. The summed E-state index contributed by atoms with van der Waals surface area (Å²) in [4.78, 5) is 7.48. The maximum atomic E-state index is 4.11. The van der Waals surface area contributed by atoms with E-state index in [4.69, 9.17) is 0 Å². The van der Waals surface area contributed by atoms with Gasteiger partial charge in [0.1, 0.15) is 0 Å². The SMILES string of the molecule is c1cncc(-c2cc3ccccc3[nH]2)c1. The highest BCUT2D eigenvalue weighted by atomic mass is 14.7. The van der Waals surface area contributed by atoms with Gasteiger partial charge in [-0.3, -0.25) is 4.98 Å². The summed E-state index contributed by atoms with van der Waals surface area (Å²) in [7, 11) is 0. The summed E-state index contributed by atoms with van der Waals surface area (Å²) in [6, 6.07) is 14.4. The molecule has 0 atom stereocenters. The third-order valence-electron chi connectivity index (χ3n) is 2.50. The Bertz CT molecular complexity index is 549. The Hall–Kier alpha value is -2.09. The first-order valence-corrected chi connectivity index (χ1v) is 4.92. The summed E-state index contributed by atoms with van der Waals surface area (Å²) >= 11 is 0. The standard InChI is InChI=1S/C13H10N2/c1-2-6-12-10(4-1)8-13(15-12)11-5-3-7-14-9-11/h1-9,15H. The second-order valence-corrected chi connectivity index (χ2v) is 3.51. The van der Waals surface area contributed by atoms with Gasteiger partial charge in [0.15, 0.2) is 0 Å². The number of aromatic nitrogens is 2. The van der Waals surface area contributed by atoms with Crippen LogP contribution in [0.2, 0.25) is 0 Å². The van der Waals surface area contributed by atoms with Crippen molar-refractivity contribution in [3.63, 3.8) is 0 Å². The zero-order valence-electron chi connectivity index (χ0n) is 8.14. The minimum Gasteiger partial charge on any atom is -0.354 e. The van der Waals surface area contributed by atoms with Crippen LogP contribution in [0.1, 0.15) is 0 Å². The maximum Gasteiger partial charge on any atom is 0.0480 e. The van der Waals surface area contributed by atoms with E-state index in [0.717, 1.165) is 16.8 Å². The minimum atomic E-state index is 1.12. The van der Waals surface area contributed by atoms with Gasteiger partial charge >= 0.3 is 0 Å². The third kappa shape index (κ3) is 1.40. The Morgan fingerprint density at radius 2 is 1.93 bits per heavy atom. The summed E-state index contributed by atoms with van der Waals surface area (Å²) in [6.45, 7) is 0. The van der Waals surface area contributed by atoms with E-state index < -0.39 is 0 Å². The van der Waals surface area contributed by atoms with Gasteiger partial charge in [0.05, 0.1) is 0 Å². The first-order valence-electron chi connectivity index (χ1n) is 4.92. The van der Waals surface area contributed by atoms with E-state index in [-0.39, 0.29) is 0 Å². The molecule has 0 saturated carbocycles. The van der Waals surface area contributed by atoms with Crippen LogP contribution in [0, 0.1) is 0 Å². The highest BCUT2D eigenvalue weighted by molar-refractivity contribution is 5.85. The van der Waals surface area contributed by atoms with E-state index in [9.17, 15) is 0 Å². The molecule has 1 aromatic carbocycles. The van der Waals surface area contributed by atoms with Crippen LogP contribution >= 0.6 is 0 Å². The van der Waals surface area contributed by atoms with Gasteiger partial charge in [-0.15, -0.1) is 0 Å². The van der Waals surface area contributed by atoms with Gasteiger partial charge in [-0.05, 0) is 24.3 Å². The molecule has 0 aliphatic carbocycles. The van der Waals surface area contributed by atoms with Gasteiger partial charge in [-0.2, -0.15) is 0 Å². The summed E-state index contributed by atoms with van der Waals surface area (Å²) in [6.07, 6.45) is 3.65. The van der Waals surface area contributed by atoms with E-state index in [1.54, 1.807) is 6.20 Å². The molecule has 2 heteroatoms. The number of hydrogen-bond acceptors (Lipinski definition) is 1. The van der Waals surface area contributed by atoms with Gasteiger partial charge in [0.2, 0.25) is 0 Å². The quantitative estimate of drug-likeness (QED) is 0.633. The largest absolute Gasteiger partial charge is 0.354 e. The van der Waals surface area contributed by atoms with Crippen molar-refractivity contribution in [2.75, 3.05) is 0 Å². The molecular formula is C13H10N2. The molecule has 0 amide bonds. The molecule has 72 valence electrons. The molecule has 0 aliphatic heterocycles. The highest BCUT2D eigenvalue weighted by Crippen LogP contribution is 2.22. The Morgan fingerprint density at radius 3 is 2.73 bits per heavy atom. The van der Waals surface area contributed by atoms with Gasteiger partial charge in [-0.1, -0.05) is 18.2 Å². The first-order chi connectivity index (χ1) is 7.43. The van der Waals surface area contributed by atoms with Gasteiger partial charge in [0, 0.05) is 34.6 Å². The van der Waals surface area contributed by atoms with Crippen molar-refractivity contribution in [1.29, 1.82) is 0 Å². The molecule has 15 heavy (non-hydrogen) atoms. The molecule has 0 radical (unpaired) electrons. The van der Waals surface area contributed by atoms with Crippen LogP contribution in [-0.4, -0.2) is 9.97 Å². The van der Waals surface area contributed by atoms with Crippen LogP contribution in [0.4, 0.5) is 0 Å². The van der Waals surface area contributed by atoms with Crippen molar-refractivity contribution in [3.8, 4) is 11.3 Å². The zero-order chi connectivity index (χ0) is 10.1. The molecule has 2 nitrogen and oxygen atoms in total. The van der Waals surface area contributed by atoms with Crippen LogP contribution in [0.15, 0.2) is 54.9 Å². The smallest absolute Gasteiger partial charge is 0.0480 e. The van der Waals surface area contributed by atoms with Crippen molar-refractivity contribution < 1.29 is 0 Å². The molecule has 0 spiro atoms. The molecule has 0 saturated heterocycles. The fourth-order valence-electron chi connectivity index (χ4n) is 1.75. The molecule has 0 aliphatic rings. The summed E-state index contributed by atoms with van der Waals surface area (Å²) in [5, 5.41) is 1.23. The van der Waals surface area contributed by atoms with Crippen molar-refractivity contribution in [2.45, 2.75) is 0 Å². The fourth-order valence-corrected chi connectivity index (χ4v) is 1.75. The van der Waals surface area contributed by atoms with Crippen LogP contribution in [0.3, 0.4) is 0 Å². The molecule has 2 aromatic heterocycles. The predicted molar refractivity (Wildman–Crippen MR) is 61.5 cm³/mol. The number of rotatable bonds is 1. The maximum absolute atomic E-state index is 4.11. The van der Waals surface area contributed by atoms with E-state index in [2.05, 4.69) is 34.2 Å². The van der Waals surface area contributed by atoms with Crippen molar-refractivity contribution in [2.24, 2.45) is 0 Å². The monoisotopic (exact) mass is 194 g/mol. The Kier molecular flexibility index (Phi) is 1.78. The molecule has 1 N–H and O–H groups in total. The van der Waals surface area contributed by atoms with Crippen LogP contribution in [0.25, 0.3) is 22.2 Å². The number of hydrogen-bond donors (Lipinski definition) is 1. The van der Waals surface area contributed by atoms with E-state index in [1.165, 1.54) is 5.39 Å². The molecule has 3 rings (SSSR count). The van der Waals surface area contributed by atoms with Crippen molar-refractivity contribution in [1.82, 2.24) is 9.97 Å². The number of aromatic amines is 1. The Balaban J connectivity index is 2.21. The third-order valence-corrected chi connectivity index (χ3v) is 2.50. The van der Waals surface area contributed by atoms with Crippen LogP contribution < -0.4 is 0 Å². The van der Waals surface area contributed by atoms with Gasteiger partial charge in [0.25, 0.3) is 0 Å². The number of fused-ring (bicyclic) bond motifs is 1. The molecule has 0 bridgehead atoms. The fraction of sp³-hybridized carbons (Fsp3) is 0. The number of H-pyrrole nitrogens is 1. The second-order valence-electron chi connectivity index (χ2n) is 3.51. The molecule has 2 heterocycles. The second kappa shape index (κ2) is 3.24. The zero-order valence-corrected chi connectivity index (χ0v) is 8.14. The van der Waals surface area contributed by atoms with E-state index in [0.29, 0.717) is 0 Å². The van der Waals surface area contributed by atoms with Gasteiger partial charge in [-0.25, -0.2) is 0 Å². The van der Waals surface area contributed by atoms with E-state index >= 15 is 0 Å². The lowest BCUT2D eigenvalue weighted by atomic mass is 10.2. The number of benzene rings is 1. The Morgan fingerprint density at radius 1 is 1.00 bits per heavy atom. The topological polar surface area (TPSA) is 28.7 Å². The van der Waals surface area contributed by atoms with Crippen molar-refractivity contribution >= 4 is 10.9 Å². The number of pyridine rings is 1. The molecule has 0 fully saturated rings. The lowest BCUT2D eigenvalue weighted by molar-refractivity contribution is 1.31. The van der Waals surface area contributed by atoms with Crippen LogP contribution in [-0.2, 0) is 0 Å². The van der Waals surface area contributed by atoms with Crippen molar-refractivity contribution in [3.05, 3.63) is 54.9 Å². The lowest BCUT2D eigenvalue weighted by Gasteiger charge is -1.94. The van der Waals surface area contributed by atoms with Crippen LogP contribution in [0.5, 0.6) is 0 Å². The van der Waals surface area contributed by atoms with Gasteiger partial charge < -0.3 is 4.98 Å². The van der Waals surface area contributed by atoms with E-state index in [1.807, 2.05) is 24.4 Å². The predicted octanol–water partition coefficient (Wildman–Crippen LogP) is 3.23. The Labute approximate surface area is 87.6 Å². The normalized spacial score (nSPS) is 10.7. The number of para-hydroxylation sites is 1.